The minimum Gasteiger partial charge on any atom is -0.495 e. The number of anilines is 1. The second kappa shape index (κ2) is 8.94. The summed E-state index contributed by atoms with van der Waals surface area (Å²) in [6, 6.07) is 12.9. The number of benzene rings is 2. The van der Waals surface area contributed by atoms with Crippen molar-refractivity contribution in [2.45, 2.75) is 36.6 Å². The first-order valence-corrected chi connectivity index (χ1v) is 10.9. The van der Waals surface area contributed by atoms with Gasteiger partial charge in [-0.25, -0.2) is 8.42 Å². The smallest absolute Gasteiger partial charge is 0.243 e. The molecule has 1 fully saturated rings. The Morgan fingerprint density at radius 1 is 1.18 bits per heavy atom. The Morgan fingerprint density at radius 2 is 1.89 bits per heavy atom. The summed E-state index contributed by atoms with van der Waals surface area (Å²) in [6.45, 7) is 0.400. The first-order valence-electron chi connectivity index (χ1n) is 9.12. The molecule has 1 atom stereocenters. The summed E-state index contributed by atoms with van der Waals surface area (Å²) in [7, 11) is -2.15. The number of carbonyl (C=O) groups excluding carboxylic acids is 1. The second-order valence-corrected chi connectivity index (χ2v) is 9.00. The van der Waals surface area contributed by atoms with Gasteiger partial charge in [-0.15, -0.1) is 0 Å². The number of hydrogen-bond acceptors (Lipinski definition) is 4. The predicted molar refractivity (Wildman–Crippen MR) is 109 cm³/mol. The lowest BCUT2D eigenvalue weighted by Crippen LogP contribution is -2.45. The van der Waals surface area contributed by atoms with E-state index in [0.29, 0.717) is 29.4 Å². The van der Waals surface area contributed by atoms with E-state index in [9.17, 15) is 13.2 Å². The lowest BCUT2D eigenvalue weighted by atomic mass is 10.0. The van der Waals surface area contributed by atoms with Gasteiger partial charge in [-0.3, -0.25) is 4.79 Å². The number of halogens is 1. The predicted octanol–water partition coefficient (Wildman–Crippen LogP) is 3.92. The number of amides is 1. The third-order valence-electron chi connectivity index (χ3n) is 4.80. The van der Waals surface area contributed by atoms with E-state index >= 15 is 0 Å². The van der Waals surface area contributed by atoms with E-state index in [1.54, 1.807) is 30.3 Å². The number of para-hydroxylation sites is 2. The van der Waals surface area contributed by atoms with E-state index in [1.165, 1.54) is 23.5 Å². The number of methoxy groups -OCH3 is 1. The lowest BCUT2D eigenvalue weighted by molar-refractivity contribution is -0.117. The molecule has 0 bridgehead atoms. The summed E-state index contributed by atoms with van der Waals surface area (Å²) in [5, 5.41) is 3.30. The van der Waals surface area contributed by atoms with Crippen molar-refractivity contribution < 1.29 is 17.9 Å². The van der Waals surface area contributed by atoms with Gasteiger partial charge in [-0.2, -0.15) is 4.31 Å². The minimum absolute atomic E-state index is 0.0882. The fourth-order valence-electron chi connectivity index (χ4n) is 3.40. The van der Waals surface area contributed by atoms with Gasteiger partial charge in [0, 0.05) is 24.0 Å². The van der Waals surface area contributed by atoms with E-state index in [-0.39, 0.29) is 23.3 Å². The van der Waals surface area contributed by atoms with Crippen LogP contribution in [-0.4, -0.2) is 38.3 Å². The monoisotopic (exact) mass is 422 g/mol. The molecular formula is C20H23ClN2O4S. The summed E-state index contributed by atoms with van der Waals surface area (Å²) >= 11 is 5.88. The maximum Gasteiger partial charge on any atom is 0.243 e. The van der Waals surface area contributed by atoms with Crippen LogP contribution in [0.5, 0.6) is 5.75 Å². The molecule has 1 amide bonds. The van der Waals surface area contributed by atoms with Crippen molar-refractivity contribution in [3.8, 4) is 5.75 Å². The third kappa shape index (κ3) is 4.66. The molecule has 8 heteroatoms. The number of carbonyl (C=O) groups is 1. The average Bonchev–Trinajstić information content (AvgIpc) is 2.69. The van der Waals surface area contributed by atoms with Crippen LogP contribution >= 0.6 is 11.6 Å². The van der Waals surface area contributed by atoms with Crippen LogP contribution in [0, 0.1) is 0 Å². The molecule has 0 aliphatic carbocycles. The Hall–Kier alpha value is -2.09. The van der Waals surface area contributed by atoms with Gasteiger partial charge >= 0.3 is 0 Å². The summed E-state index contributed by atoms with van der Waals surface area (Å²) in [4.78, 5) is 12.8. The minimum atomic E-state index is -3.69. The quantitative estimate of drug-likeness (QED) is 0.765. The molecule has 1 heterocycles. The molecule has 1 aliphatic rings. The Balaban J connectivity index is 1.76. The van der Waals surface area contributed by atoms with Crippen molar-refractivity contribution in [1.82, 2.24) is 4.31 Å². The van der Waals surface area contributed by atoms with Crippen LogP contribution in [0.15, 0.2) is 53.4 Å². The largest absolute Gasteiger partial charge is 0.495 e. The van der Waals surface area contributed by atoms with Gasteiger partial charge < -0.3 is 10.1 Å². The molecule has 28 heavy (non-hydrogen) atoms. The van der Waals surface area contributed by atoms with Crippen molar-refractivity contribution in [1.29, 1.82) is 0 Å². The van der Waals surface area contributed by atoms with Crippen LogP contribution < -0.4 is 10.1 Å². The van der Waals surface area contributed by atoms with Gasteiger partial charge in [-0.1, -0.05) is 30.2 Å². The van der Waals surface area contributed by atoms with Crippen molar-refractivity contribution in [3.05, 3.63) is 53.6 Å². The van der Waals surface area contributed by atoms with Gasteiger partial charge in [0.15, 0.2) is 0 Å². The zero-order chi connectivity index (χ0) is 20.1. The molecule has 1 N–H and O–H groups in total. The number of sulfonamides is 1. The molecule has 0 aromatic heterocycles. The maximum absolute atomic E-state index is 13.1. The van der Waals surface area contributed by atoms with Crippen molar-refractivity contribution in [2.75, 3.05) is 19.0 Å². The zero-order valence-corrected chi connectivity index (χ0v) is 17.2. The molecule has 1 aliphatic heterocycles. The van der Waals surface area contributed by atoms with Crippen molar-refractivity contribution in [3.63, 3.8) is 0 Å². The lowest BCUT2D eigenvalue weighted by Gasteiger charge is -2.34. The highest BCUT2D eigenvalue weighted by molar-refractivity contribution is 7.89. The van der Waals surface area contributed by atoms with Gasteiger partial charge in [0.1, 0.15) is 5.75 Å². The highest BCUT2D eigenvalue weighted by Gasteiger charge is 2.34. The van der Waals surface area contributed by atoms with Gasteiger partial charge in [0.2, 0.25) is 15.9 Å². The van der Waals surface area contributed by atoms with Gasteiger partial charge in [0.05, 0.1) is 17.7 Å². The molecule has 6 nitrogen and oxygen atoms in total. The Morgan fingerprint density at radius 3 is 2.61 bits per heavy atom. The molecule has 150 valence electrons. The van der Waals surface area contributed by atoms with Gasteiger partial charge in [0.25, 0.3) is 0 Å². The standard InChI is InChI=1S/C20H23ClN2O4S/c1-27-19-8-3-2-7-18(19)22-20(24)14-16-6-4-5-13-23(16)28(25,26)17-11-9-15(21)10-12-17/h2-3,7-12,16H,4-6,13-14H2,1H3,(H,22,24)/t16-/m0/s1. The number of nitrogens with zero attached hydrogens (tertiary/aromatic N) is 1. The molecule has 3 rings (SSSR count). The highest BCUT2D eigenvalue weighted by Crippen LogP contribution is 2.29. The van der Waals surface area contributed by atoms with Gasteiger partial charge in [-0.05, 0) is 49.2 Å². The maximum atomic E-state index is 13.1. The summed E-state index contributed by atoms with van der Waals surface area (Å²) < 4.78 is 32.9. The van der Waals surface area contributed by atoms with E-state index < -0.39 is 10.0 Å². The van der Waals surface area contributed by atoms with Crippen molar-refractivity contribution in [2.24, 2.45) is 0 Å². The number of rotatable bonds is 6. The van der Waals surface area contributed by atoms with E-state index in [1.807, 2.05) is 6.07 Å². The van der Waals surface area contributed by atoms with Crippen LogP contribution in [0.4, 0.5) is 5.69 Å². The average molecular weight is 423 g/mol. The van der Waals surface area contributed by atoms with E-state index in [4.69, 9.17) is 16.3 Å². The summed E-state index contributed by atoms with van der Waals surface area (Å²) in [6.07, 6.45) is 2.40. The van der Waals surface area contributed by atoms with E-state index in [2.05, 4.69) is 5.32 Å². The fraction of sp³-hybridized carbons (Fsp3) is 0.350. The summed E-state index contributed by atoms with van der Waals surface area (Å²) in [5.74, 6) is 0.317. The van der Waals surface area contributed by atoms with Crippen LogP contribution in [0.3, 0.4) is 0 Å². The molecule has 0 spiro atoms. The van der Waals surface area contributed by atoms with Crippen LogP contribution in [0.25, 0.3) is 0 Å². The first-order chi connectivity index (χ1) is 13.4. The molecule has 2 aromatic rings. The Kier molecular flexibility index (Phi) is 6.59. The molecule has 0 unspecified atom stereocenters. The third-order valence-corrected chi connectivity index (χ3v) is 7.01. The number of piperidine rings is 1. The first kappa shape index (κ1) is 20.6. The number of hydrogen-bond donors (Lipinski definition) is 1. The van der Waals surface area contributed by atoms with Crippen LogP contribution in [0.1, 0.15) is 25.7 Å². The molecule has 0 radical (unpaired) electrons. The zero-order valence-electron chi connectivity index (χ0n) is 15.6. The van der Waals surface area contributed by atoms with Crippen LogP contribution in [0.2, 0.25) is 5.02 Å². The second-order valence-electron chi connectivity index (χ2n) is 6.67. The summed E-state index contributed by atoms with van der Waals surface area (Å²) in [5.41, 5.74) is 0.568. The normalized spacial score (nSPS) is 17.9. The Labute approximate surface area is 170 Å². The molecule has 2 aromatic carbocycles. The molecular weight excluding hydrogens is 400 g/mol. The van der Waals surface area contributed by atoms with Crippen molar-refractivity contribution >= 4 is 33.2 Å². The van der Waals surface area contributed by atoms with Crippen LogP contribution in [-0.2, 0) is 14.8 Å². The number of ether oxygens (including phenoxy) is 1. The fourth-order valence-corrected chi connectivity index (χ4v) is 5.22. The Bertz CT molecular complexity index is 931. The SMILES string of the molecule is COc1ccccc1NC(=O)C[C@@H]1CCCCN1S(=O)(=O)c1ccc(Cl)cc1. The van der Waals surface area contributed by atoms with E-state index in [0.717, 1.165) is 12.8 Å². The highest BCUT2D eigenvalue weighted by atomic mass is 35.5. The topological polar surface area (TPSA) is 75.7 Å². The molecule has 1 saturated heterocycles. The number of nitrogens with one attached hydrogen (secondary N) is 1. The molecule has 0 saturated carbocycles.